The van der Waals surface area contributed by atoms with Crippen LogP contribution in [0.4, 0.5) is 0 Å². The van der Waals surface area contributed by atoms with Crippen LogP contribution in [0.25, 0.3) is 0 Å². The predicted octanol–water partition coefficient (Wildman–Crippen LogP) is 5.61. The van der Waals surface area contributed by atoms with E-state index in [2.05, 4.69) is 12.7 Å². The Morgan fingerprint density at radius 1 is 1.22 bits per heavy atom. The normalized spacial score (nSPS) is 16.0. The second-order valence-electron chi connectivity index (χ2n) is 8.52. The molecule has 0 radical (unpaired) electrons. The Kier molecular flexibility index (Phi) is 6.82. The zero-order chi connectivity index (χ0) is 23.6. The minimum atomic E-state index is -0.762. The molecule has 2 aromatic carbocycles. The lowest BCUT2D eigenvalue weighted by atomic mass is 9.86. The first-order valence-electron chi connectivity index (χ1n) is 10.6. The van der Waals surface area contributed by atoms with Crippen molar-refractivity contribution in [2.45, 2.75) is 46.1 Å². The van der Waals surface area contributed by atoms with Crippen LogP contribution in [0.15, 0.2) is 48.1 Å². The number of allylic oxidation sites excluding steroid dienone is 3. The van der Waals surface area contributed by atoms with Gasteiger partial charge in [-0.3, -0.25) is 4.79 Å². The van der Waals surface area contributed by atoms with Gasteiger partial charge >= 0.3 is 0 Å². The summed E-state index contributed by atoms with van der Waals surface area (Å²) >= 11 is 0. The summed E-state index contributed by atoms with van der Waals surface area (Å²) in [6.45, 7) is 10.1. The SMILES string of the molecule is C=C(C)[C@H](CC=C(C)C)Cc1c(O)cc(OC)c2c1O[C@H](c1ccc(O)cc1O)CC2=O. The van der Waals surface area contributed by atoms with Crippen LogP contribution in [0.2, 0.25) is 0 Å². The van der Waals surface area contributed by atoms with Crippen molar-refractivity contribution in [3.05, 3.63) is 64.8 Å². The van der Waals surface area contributed by atoms with E-state index in [4.69, 9.17) is 9.47 Å². The Hall–Kier alpha value is -3.41. The molecule has 0 unspecified atom stereocenters. The van der Waals surface area contributed by atoms with Crippen molar-refractivity contribution in [1.29, 1.82) is 0 Å². The Balaban J connectivity index is 2.09. The number of phenols is 3. The Morgan fingerprint density at radius 3 is 2.53 bits per heavy atom. The molecule has 0 fully saturated rings. The van der Waals surface area contributed by atoms with E-state index in [0.29, 0.717) is 17.5 Å². The smallest absolute Gasteiger partial charge is 0.174 e. The number of carbonyl (C=O) groups excluding carboxylic acids is 1. The van der Waals surface area contributed by atoms with Gasteiger partial charge in [-0.1, -0.05) is 23.8 Å². The summed E-state index contributed by atoms with van der Waals surface area (Å²) < 4.78 is 11.6. The minimum Gasteiger partial charge on any atom is -0.508 e. The molecule has 0 aliphatic carbocycles. The van der Waals surface area contributed by atoms with E-state index in [0.717, 1.165) is 12.0 Å². The number of Topliss-reactive ketones (excluding diaryl/α,β-unsaturated/α-hetero) is 1. The van der Waals surface area contributed by atoms with Gasteiger partial charge in [-0.15, -0.1) is 0 Å². The molecule has 1 aliphatic rings. The quantitative estimate of drug-likeness (QED) is 0.486. The molecule has 0 saturated carbocycles. The summed E-state index contributed by atoms with van der Waals surface area (Å²) in [4.78, 5) is 13.1. The van der Waals surface area contributed by atoms with Crippen LogP contribution in [0.3, 0.4) is 0 Å². The molecule has 0 aromatic heterocycles. The van der Waals surface area contributed by atoms with Crippen molar-refractivity contribution >= 4 is 5.78 Å². The highest BCUT2D eigenvalue weighted by molar-refractivity contribution is 6.03. The van der Waals surface area contributed by atoms with Crippen LogP contribution in [-0.2, 0) is 6.42 Å². The number of hydrogen-bond donors (Lipinski definition) is 3. The van der Waals surface area contributed by atoms with Crippen molar-refractivity contribution < 1.29 is 29.6 Å². The largest absolute Gasteiger partial charge is 0.508 e. The molecule has 6 heteroatoms. The number of carbonyl (C=O) groups is 1. The van der Waals surface area contributed by atoms with Crippen LogP contribution in [0.5, 0.6) is 28.7 Å². The highest BCUT2D eigenvalue weighted by Gasteiger charge is 2.35. The van der Waals surface area contributed by atoms with E-state index in [1.807, 2.05) is 20.8 Å². The molecule has 2 atom stereocenters. The maximum atomic E-state index is 13.1. The first-order chi connectivity index (χ1) is 15.1. The molecule has 0 saturated heterocycles. The zero-order valence-corrected chi connectivity index (χ0v) is 18.9. The third kappa shape index (κ3) is 4.74. The van der Waals surface area contributed by atoms with Gasteiger partial charge in [0.1, 0.15) is 40.4 Å². The molecule has 170 valence electrons. The van der Waals surface area contributed by atoms with Crippen molar-refractivity contribution in [3.8, 4) is 28.7 Å². The van der Waals surface area contributed by atoms with Crippen molar-refractivity contribution in [2.75, 3.05) is 7.11 Å². The maximum absolute atomic E-state index is 13.1. The molecule has 1 heterocycles. The van der Waals surface area contributed by atoms with Crippen LogP contribution in [0.1, 0.15) is 61.2 Å². The lowest BCUT2D eigenvalue weighted by Crippen LogP contribution is -2.23. The number of rotatable bonds is 7. The Morgan fingerprint density at radius 2 is 1.94 bits per heavy atom. The third-order valence-corrected chi connectivity index (χ3v) is 5.77. The van der Waals surface area contributed by atoms with Gasteiger partial charge in [-0.05, 0) is 51.7 Å². The maximum Gasteiger partial charge on any atom is 0.174 e. The lowest BCUT2D eigenvalue weighted by molar-refractivity contribution is 0.0838. The highest BCUT2D eigenvalue weighted by Crippen LogP contribution is 2.48. The Labute approximate surface area is 188 Å². The number of ether oxygens (including phenoxy) is 2. The van der Waals surface area contributed by atoms with Gasteiger partial charge in [-0.25, -0.2) is 0 Å². The number of ketones is 1. The van der Waals surface area contributed by atoms with Crippen molar-refractivity contribution in [2.24, 2.45) is 5.92 Å². The van der Waals surface area contributed by atoms with Crippen LogP contribution < -0.4 is 9.47 Å². The van der Waals surface area contributed by atoms with E-state index < -0.39 is 6.10 Å². The average Bonchev–Trinajstić information content (AvgIpc) is 2.71. The third-order valence-electron chi connectivity index (χ3n) is 5.77. The molecule has 0 spiro atoms. The van der Waals surface area contributed by atoms with E-state index in [1.54, 1.807) is 0 Å². The fourth-order valence-corrected chi connectivity index (χ4v) is 3.93. The minimum absolute atomic E-state index is 0.00636. The summed E-state index contributed by atoms with van der Waals surface area (Å²) in [5.41, 5.74) is 3.33. The van der Waals surface area contributed by atoms with Gasteiger partial charge in [0.15, 0.2) is 5.78 Å². The second-order valence-corrected chi connectivity index (χ2v) is 8.52. The fraction of sp³-hybridized carbons (Fsp3) is 0.346. The Bertz CT molecular complexity index is 1080. The standard InChI is InChI=1S/C26H30O6/c1-14(2)6-7-16(15(3)4)10-19-21(29)12-24(31-5)25-22(30)13-23(32-26(19)25)18-9-8-17(27)11-20(18)28/h6,8-9,11-12,16,23,27-29H,3,7,10,13H2,1-2,4-5H3/t16-,23+/m1/s1. The van der Waals surface area contributed by atoms with E-state index in [9.17, 15) is 20.1 Å². The molecule has 0 amide bonds. The van der Waals surface area contributed by atoms with Gasteiger partial charge in [-0.2, -0.15) is 0 Å². The summed E-state index contributed by atoms with van der Waals surface area (Å²) in [6.07, 6.45) is 2.53. The van der Waals surface area contributed by atoms with Crippen LogP contribution >= 0.6 is 0 Å². The molecular weight excluding hydrogens is 408 g/mol. The molecule has 6 nitrogen and oxygen atoms in total. The highest BCUT2D eigenvalue weighted by atomic mass is 16.5. The molecule has 0 bridgehead atoms. The summed E-state index contributed by atoms with van der Waals surface area (Å²) in [5, 5.41) is 30.7. The summed E-state index contributed by atoms with van der Waals surface area (Å²) in [7, 11) is 1.44. The number of benzene rings is 2. The molecule has 3 rings (SSSR count). The number of methoxy groups -OCH3 is 1. The van der Waals surface area contributed by atoms with Crippen LogP contribution in [-0.4, -0.2) is 28.2 Å². The van der Waals surface area contributed by atoms with Gasteiger partial charge in [0, 0.05) is 23.3 Å². The number of fused-ring (bicyclic) bond motifs is 1. The van der Waals surface area contributed by atoms with E-state index >= 15 is 0 Å². The molecule has 1 aliphatic heterocycles. The molecule has 32 heavy (non-hydrogen) atoms. The predicted molar refractivity (Wildman–Crippen MR) is 123 cm³/mol. The van der Waals surface area contributed by atoms with Gasteiger partial charge in [0.2, 0.25) is 0 Å². The van der Waals surface area contributed by atoms with E-state index in [-0.39, 0.29) is 52.4 Å². The molecule has 3 N–H and O–H groups in total. The first kappa shape index (κ1) is 23.3. The molecule has 2 aromatic rings. The molecular formula is C26H30O6. The summed E-state index contributed by atoms with van der Waals surface area (Å²) in [6, 6.07) is 5.61. The summed E-state index contributed by atoms with van der Waals surface area (Å²) in [5.74, 6) is 0.0651. The van der Waals surface area contributed by atoms with E-state index in [1.165, 1.54) is 36.9 Å². The van der Waals surface area contributed by atoms with Gasteiger partial charge < -0.3 is 24.8 Å². The van der Waals surface area contributed by atoms with Crippen molar-refractivity contribution in [1.82, 2.24) is 0 Å². The first-order valence-corrected chi connectivity index (χ1v) is 10.6. The monoisotopic (exact) mass is 438 g/mol. The lowest BCUT2D eigenvalue weighted by Gasteiger charge is -2.30. The topological polar surface area (TPSA) is 96.2 Å². The zero-order valence-electron chi connectivity index (χ0n) is 18.9. The number of aromatic hydroxyl groups is 3. The average molecular weight is 439 g/mol. The van der Waals surface area contributed by atoms with Crippen molar-refractivity contribution in [3.63, 3.8) is 0 Å². The second kappa shape index (κ2) is 9.39. The number of phenolic OH excluding ortho intramolecular Hbond substituents is 3. The fourth-order valence-electron chi connectivity index (χ4n) is 3.93. The number of hydrogen-bond acceptors (Lipinski definition) is 6. The van der Waals surface area contributed by atoms with Gasteiger partial charge in [0.05, 0.1) is 13.5 Å². The van der Waals surface area contributed by atoms with Gasteiger partial charge in [0.25, 0.3) is 0 Å². The van der Waals surface area contributed by atoms with Crippen LogP contribution in [0, 0.1) is 5.92 Å².